The highest BCUT2D eigenvalue weighted by atomic mass is 35.5. The highest BCUT2D eigenvalue weighted by Gasteiger charge is 2.13. The van der Waals surface area contributed by atoms with E-state index in [1.165, 1.54) is 12.1 Å². The van der Waals surface area contributed by atoms with Crippen molar-refractivity contribution < 1.29 is 14.8 Å². The summed E-state index contributed by atoms with van der Waals surface area (Å²) in [6.07, 6.45) is 3.27. The van der Waals surface area contributed by atoms with Gasteiger partial charge in [-0.05, 0) is 18.9 Å². The Morgan fingerprint density at radius 2 is 1.88 bits per heavy atom. The molecule has 0 bridgehead atoms. The second-order valence-corrected chi connectivity index (χ2v) is 6.12. The number of nitro groups is 1. The Labute approximate surface area is 157 Å². The first-order chi connectivity index (χ1) is 12.3. The fourth-order valence-corrected chi connectivity index (χ4v) is 2.40. The molecule has 8 heteroatoms. The van der Waals surface area contributed by atoms with Gasteiger partial charge in [-0.25, -0.2) is 4.98 Å². The number of carboxylic acid groups (broad SMARTS) is 1. The lowest BCUT2D eigenvalue weighted by atomic mass is 10.2. The number of non-ortho nitro benzene ring substituents is 1. The number of unbranched alkanes of at least 4 members (excludes halogenated alkanes) is 1. The van der Waals surface area contributed by atoms with Crippen molar-refractivity contribution in [1.29, 1.82) is 0 Å². The van der Waals surface area contributed by atoms with Gasteiger partial charge in [0.05, 0.1) is 10.6 Å². The third kappa shape index (κ3) is 6.48. The van der Waals surface area contributed by atoms with Crippen LogP contribution in [0.2, 0.25) is 5.15 Å². The molecule has 0 saturated heterocycles. The van der Waals surface area contributed by atoms with Crippen LogP contribution in [0.5, 0.6) is 0 Å². The molecule has 0 amide bonds. The van der Waals surface area contributed by atoms with Gasteiger partial charge in [0, 0.05) is 31.5 Å². The Morgan fingerprint density at radius 3 is 2.35 bits per heavy atom. The van der Waals surface area contributed by atoms with Crippen LogP contribution in [0.4, 0.5) is 5.69 Å². The number of aromatic nitrogens is 2. The van der Waals surface area contributed by atoms with E-state index in [-0.39, 0.29) is 12.1 Å². The molecule has 1 heterocycles. The summed E-state index contributed by atoms with van der Waals surface area (Å²) in [4.78, 5) is 24.1. The van der Waals surface area contributed by atoms with Gasteiger partial charge in [-0.1, -0.05) is 44.0 Å². The minimum Gasteiger partial charge on any atom is -0.481 e. The van der Waals surface area contributed by atoms with Gasteiger partial charge in [0.1, 0.15) is 11.0 Å². The van der Waals surface area contributed by atoms with E-state index in [0.717, 1.165) is 36.3 Å². The van der Waals surface area contributed by atoms with Crippen LogP contribution >= 0.6 is 11.6 Å². The molecule has 2 rings (SSSR count). The Balaban J connectivity index is 0.000000597. The van der Waals surface area contributed by atoms with E-state index >= 15 is 0 Å². The summed E-state index contributed by atoms with van der Waals surface area (Å²) in [5.74, 6) is 0.225. The van der Waals surface area contributed by atoms with E-state index < -0.39 is 10.9 Å². The van der Waals surface area contributed by atoms with Crippen molar-refractivity contribution in [1.82, 2.24) is 9.55 Å². The molecule has 26 heavy (non-hydrogen) atoms. The predicted octanol–water partition coefficient (Wildman–Crippen LogP) is 4.63. The summed E-state index contributed by atoms with van der Waals surface area (Å²) in [5.41, 5.74) is 2.03. The molecule has 0 radical (unpaired) electrons. The van der Waals surface area contributed by atoms with Crippen molar-refractivity contribution in [3.05, 3.63) is 56.6 Å². The van der Waals surface area contributed by atoms with E-state index in [0.29, 0.717) is 11.7 Å². The number of nitrogens with zero attached hydrogens (tertiary/aromatic N) is 3. The summed E-state index contributed by atoms with van der Waals surface area (Å²) in [5, 5.41) is 18.9. The zero-order valence-corrected chi connectivity index (χ0v) is 16.0. The highest BCUT2D eigenvalue weighted by molar-refractivity contribution is 6.30. The van der Waals surface area contributed by atoms with Gasteiger partial charge >= 0.3 is 5.97 Å². The largest absolute Gasteiger partial charge is 0.481 e. The van der Waals surface area contributed by atoms with Crippen LogP contribution in [0.15, 0.2) is 24.3 Å². The van der Waals surface area contributed by atoms with Gasteiger partial charge in [-0.15, -0.1) is 0 Å². The number of nitro benzene ring substituents is 1. The van der Waals surface area contributed by atoms with Gasteiger partial charge < -0.3 is 9.67 Å². The number of carbonyl (C=O) groups is 1. The summed E-state index contributed by atoms with van der Waals surface area (Å²) in [6, 6.07) is 6.59. The second kappa shape index (κ2) is 10.6. The molecule has 142 valence electrons. The minimum absolute atomic E-state index is 0.102. The van der Waals surface area contributed by atoms with Crippen LogP contribution in [0.25, 0.3) is 0 Å². The number of benzene rings is 1. The van der Waals surface area contributed by atoms with Crippen LogP contribution in [0, 0.1) is 17.0 Å². The summed E-state index contributed by atoms with van der Waals surface area (Å²) < 4.78 is 2.08. The van der Waals surface area contributed by atoms with E-state index in [1.807, 2.05) is 6.92 Å². The zero-order chi connectivity index (χ0) is 19.7. The van der Waals surface area contributed by atoms with Crippen molar-refractivity contribution in [2.24, 2.45) is 0 Å². The zero-order valence-electron chi connectivity index (χ0n) is 15.2. The number of rotatable bonds is 7. The third-order valence-corrected chi connectivity index (χ3v) is 4.14. The standard InChI is InChI=1S/C15H18ClN3O2.C3H6O2/c1-3-4-5-14-17-15(16)11(2)18(14)10-12-6-8-13(9-7-12)19(20)21;1-2-3(4)5/h6-9H,3-5,10H2,1-2H3;2H2,1H3,(H,4,5). The topological polar surface area (TPSA) is 98.3 Å². The minimum atomic E-state index is -0.745. The van der Waals surface area contributed by atoms with Crippen molar-refractivity contribution in [2.45, 2.75) is 53.0 Å². The first kappa shape index (κ1) is 21.6. The molecular weight excluding hydrogens is 358 g/mol. The average Bonchev–Trinajstić information content (AvgIpc) is 2.88. The van der Waals surface area contributed by atoms with E-state index in [1.54, 1.807) is 19.1 Å². The van der Waals surface area contributed by atoms with Gasteiger partial charge in [-0.2, -0.15) is 0 Å². The van der Waals surface area contributed by atoms with Crippen molar-refractivity contribution in [2.75, 3.05) is 0 Å². The van der Waals surface area contributed by atoms with Gasteiger partial charge in [0.15, 0.2) is 0 Å². The molecule has 0 unspecified atom stereocenters. The van der Waals surface area contributed by atoms with Crippen LogP contribution < -0.4 is 0 Å². The molecule has 0 saturated carbocycles. The van der Waals surface area contributed by atoms with Crippen molar-refractivity contribution >= 4 is 23.3 Å². The van der Waals surface area contributed by atoms with Crippen molar-refractivity contribution in [3.8, 4) is 0 Å². The Hall–Kier alpha value is -2.41. The van der Waals surface area contributed by atoms with Crippen LogP contribution in [0.1, 0.15) is 50.2 Å². The molecule has 1 aromatic heterocycles. The number of hydrogen-bond acceptors (Lipinski definition) is 4. The fraction of sp³-hybridized carbons (Fsp3) is 0.444. The predicted molar refractivity (Wildman–Crippen MR) is 101 cm³/mol. The summed E-state index contributed by atoms with van der Waals surface area (Å²) >= 11 is 6.13. The molecule has 1 N–H and O–H groups in total. The van der Waals surface area contributed by atoms with Gasteiger partial charge in [-0.3, -0.25) is 14.9 Å². The number of halogens is 1. The molecule has 1 aromatic carbocycles. The highest BCUT2D eigenvalue weighted by Crippen LogP contribution is 2.20. The molecule has 0 aliphatic rings. The smallest absolute Gasteiger partial charge is 0.303 e. The lowest BCUT2D eigenvalue weighted by Gasteiger charge is -2.10. The first-order valence-corrected chi connectivity index (χ1v) is 8.84. The molecule has 2 aromatic rings. The van der Waals surface area contributed by atoms with E-state index in [9.17, 15) is 14.9 Å². The molecule has 0 aliphatic heterocycles. The first-order valence-electron chi connectivity index (χ1n) is 8.46. The number of hydrogen-bond donors (Lipinski definition) is 1. The SMILES string of the molecule is CCC(=O)O.CCCCc1nc(Cl)c(C)n1Cc1ccc([N+](=O)[O-])cc1. The maximum absolute atomic E-state index is 10.7. The second-order valence-electron chi connectivity index (χ2n) is 5.76. The third-order valence-electron chi connectivity index (χ3n) is 3.79. The van der Waals surface area contributed by atoms with Crippen LogP contribution in [0.3, 0.4) is 0 Å². The summed E-state index contributed by atoms with van der Waals surface area (Å²) in [7, 11) is 0. The monoisotopic (exact) mass is 381 g/mol. The van der Waals surface area contributed by atoms with Gasteiger partial charge in [0.2, 0.25) is 0 Å². The molecule has 0 atom stereocenters. The maximum Gasteiger partial charge on any atom is 0.303 e. The van der Waals surface area contributed by atoms with Crippen LogP contribution in [-0.2, 0) is 17.8 Å². The molecule has 0 aliphatic carbocycles. The number of aryl methyl sites for hydroxylation is 1. The Bertz CT molecular complexity index is 742. The quantitative estimate of drug-likeness (QED) is 0.557. The average molecular weight is 382 g/mol. The van der Waals surface area contributed by atoms with E-state index in [2.05, 4.69) is 16.5 Å². The molecule has 0 fully saturated rings. The molecule has 7 nitrogen and oxygen atoms in total. The normalized spacial score (nSPS) is 10.2. The van der Waals surface area contributed by atoms with Crippen molar-refractivity contribution in [3.63, 3.8) is 0 Å². The number of carboxylic acids is 1. The van der Waals surface area contributed by atoms with Gasteiger partial charge in [0.25, 0.3) is 5.69 Å². The number of aliphatic carboxylic acids is 1. The lowest BCUT2D eigenvalue weighted by molar-refractivity contribution is -0.384. The van der Waals surface area contributed by atoms with E-state index in [4.69, 9.17) is 16.7 Å². The van der Waals surface area contributed by atoms with Crippen LogP contribution in [-0.4, -0.2) is 25.6 Å². The maximum atomic E-state index is 10.7. The fourth-order valence-electron chi connectivity index (χ4n) is 2.20. The number of imidazole rings is 1. The molecule has 0 spiro atoms. The molecular formula is C18H24ClN3O4. The summed E-state index contributed by atoms with van der Waals surface area (Å²) in [6.45, 7) is 6.30. The lowest BCUT2D eigenvalue weighted by Crippen LogP contribution is -2.07. The Kier molecular flexibility index (Phi) is 8.78. The Morgan fingerprint density at radius 1 is 1.31 bits per heavy atom.